The van der Waals surface area contributed by atoms with Crippen molar-refractivity contribution in [1.29, 1.82) is 0 Å². The predicted octanol–water partition coefficient (Wildman–Crippen LogP) is 4.62. The molecule has 2 aromatic rings. The standard InChI is InChI=1S/C17H20BrN3/c1-13(14-6-4-7-15(18)12-14)20-16-8-5-9-19-17(16)21-10-2-3-11-21/h4-9,12-13,20H,2-3,10-11H2,1H3. The van der Waals surface area contributed by atoms with Crippen molar-refractivity contribution in [2.45, 2.75) is 25.8 Å². The number of nitrogens with one attached hydrogen (secondary N) is 1. The van der Waals surface area contributed by atoms with Crippen LogP contribution in [0.15, 0.2) is 47.1 Å². The van der Waals surface area contributed by atoms with Crippen molar-refractivity contribution in [1.82, 2.24) is 4.98 Å². The van der Waals surface area contributed by atoms with Crippen LogP contribution in [0.3, 0.4) is 0 Å². The van der Waals surface area contributed by atoms with Gasteiger partial charge in [-0.25, -0.2) is 4.98 Å². The average Bonchev–Trinajstić information content (AvgIpc) is 3.02. The summed E-state index contributed by atoms with van der Waals surface area (Å²) < 4.78 is 1.11. The second-order valence-corrected chi connectivity index (χ2v) is 6.41. The summed E-state index contributed by atoms with van der Waals surface area (Å²) >= 11 is 3.54. The third-order valence-electron chi connectivity index (χ3n) is 3.91. The van der Waals surface area contributed by atoms with Gasteiger partial charge in [-0.3, -0.25) is 0 Å². The zero-order chi connectivity index (χ0) is 14.7. The minimum Gasteiger partial charge on any atom is -0.376 e. The van der Waals surface area contributed by atoms with Crippen molar-refractivity contribution in [3.05, 3.63) is 52.6 Å². The summed E-state index contributed by atoms with van der Waals surface area (Å²) in [5, 5.41) is 3.61. The molecule has 1 fully saturated rings. The predicted molar refractivity (Wildman–Crippen MR) is 91.9 cm³/mol. The Hall–Kier alpha value is -1.55. The number of rotatable bonds is 4. The molecule has 1 aliphatic rings. The molecule has 3 nitrogen and oxygen atoms in total. The quantitative estimate of drug-likeness (QED) is 0.876. The van der Waals surface area contributed by atoms with Crippen molar-refractivity contribution < 1.29 is 0 Å². The number of hydrogen-bond donors (Lipinski definition) is 1. The summed E-state index contributed by atoms with van der Waals surface area (Å²) in [5.41, 5.74) is 2.38. The Morgan fingerprint density at radius 3 is 2.76 bits per heavy atom. The summed E-state index contributed by atoms with van der Waals surface area (Å²) in [6, 6.07) is 12.8. The van der Waals surface area contributed by atoms with E-state index < -0.39 is 0 Å². The molecule has 1 aromatic heterocycles. The number of halogens is 1. The largest absolute Gasteiger partial charge is 0.376 e. The first-order valence-corrected chi connectivity index (χ1v) is 8.25. The van der Waals surface area contributed by atoms with Crippen LogP contribution < -0.4 is 10.2 Å². The zero-order valence-electron chi connectivity index (χ0n) is 12.2. The molecule has 21 heavy (non-hydrogen) atoms. The number of aromatic nitrogens is 1. The van der Waals surface area contributed by atoms with Crippen LogP contribution in [-0.2, 0) is 0 Å². The van der Waals surface area contributed by atoms with Crippen LogP contribution in [0, 0.1) is 0 Å². The summed E-state index contributed by atoms with van der Waals surface area (Å²) in [4.78, 5) is 6.95. The zero-order valence-corrected chi connectivity index (χ0v) is 13.8. The Morgan fingerprint density at radius 2 is 2.00 bits per heavy atom. The lowest BCUT2D eigenvalue weighted by atomic mass is 10.1. The summed E-state index contributed by atoms with van der Waals surface area (Å²) in [5.74, 6) is 1.08. The van der Waals surface area contributed by atoms with Gasteiger partial charge in [0.25, 0.3) is 0 Å². The van der Waals surface area contributed by atoms with Gasteiger partial charge in [0.15, 0.2) is 5.82 Å². The van der Waals surface area contributed by atoms with Crippen LogP contribution in [0.5, 0.6) is 0 Å². The maximum Gasteiger partial charge on any atom is 0.151 e. The number of pyridine rings is 1. The molecule has 0 spiro atoms. The van der Waals surface area contributed by atoms with Crippen LogP contribution in [0.2, 0.25) is 0 Å². The first-order chi connectivity index (χ1) is 10.2. The van der Waals surface area contributed by atoms with Crippen LogP contribution >= 0.6 is 15.9 Å². The normalized spacial score (nSPS) is 16.0. The molecule has 1 N–H and O–H groups in total. The Labute approximate surface area is 134 Å². The summed E-state index contributed by atoms with van der Waals surface area (Å²) in [7, 11) is 0. The lowest BCUT2D eigenvalue weighted by Gasteiger charge is -2.23. The van der Waals surface area contributed by atoms with E-state index in [1.807, 2.05) is 12.3 Å². The first kappa shape index (κ1) is 14.4. The van der Waals surface area contributed by atoms with E-state index in [2.05, 4.69) is 68.4 Å². The molecule has 0 saturated carbocycles. The fraction of sp³-hybridized carbons (Fsp3) is 0.353. The van der Waals surface area contributed by atoms with E-state index in [9.17, 15) is 0 Å². The van der Waals surface area contributed by atoms with Gasteiger partial charge in [-0.2, -0.15) is 0 Å². The molecule has 1 aliphatic heterocycles. The van der Waals surface area contributed by atoms with Crippen molar-refractivity contribution in [3.8, 4) is 0 Å². The molecular weight excluding hydrogens is 326 g/mol. The lowest BCUT2D eigenvalue weighted by Crippen LogP contribution is -2.21. The van der Waals surface area contributed by atoms with Crippen molar-refractivity contribution in [3.63, 3.8) is 0 Å². The molecule has 1 saturated heterocycles. The van der Waals surface area contributed by atoms with Crippen molar-refractivity contribution in [2.24, 2.45) is 0 Å². The van der Waals surface area contributed by atoms with E-state index >= 15 is 0 Å². The minimum absolute atomic E-state index is 0.244. The van der Waals surface area contributed by atoms with Crippen LogP contribution in [0.1, 0.15) is 31.4 Å². The Morgan fingerprint density at radius 1 is 1.19 bits per heavy atom. The Kier molecular flexibility index (Phi) is 4.44. The summed E-state index contributed by atoms with van der Waals surface area (Å²) in [6.45, 7) is 4.40. The smallest absolute Gasteiger partial charge is 0.151 e. The molecule has 110 valence electrons. The van der Waals surface area contributed by atoms with E-state index in [-0.39, 0.29) is 6.04 Å². The third kappa shape index (κ3) is 3.38. The monoisotopic (exact) mass is 345 g/mol. The number of nitrogens with zero attached hydrogens (tertiary/aromatic N) is 2. The molecular formula is C17H20BrN3. The highest BCUT2D eigenvalue weighted by molar-refractivity contribution is 9.10. The second kappa shape index (κ2) is 6.48. The molecule has 0 bridgehead atoms. The van der Waals surface area contributed by atoms with Gasteiger partial charge < -0.3 is 10.2 Å². The Balaban J connectivity index is 1.81. The van der Waals surface area contributed by atoms with E-state index in [1.54, 1.807) is 0 Å². The first-order valence-electron chi connectivity index (χ1n) is 7.46. The molecule has 0 amide bonds. The SMILES string of the molecule is CC(Nc1cccnc1N1CCCC1)c1cccc(Br)c1. The molecule has 3 rings (SSSR count). The summed E-state index contributed by atoms with van der Waals surface area (Å²) in [6.07, 6.45) is 4.40. The van der Waals surface area contributed by atoms with Gasteiger partial charge in [-0.05, 0) is 49.6 Å². The van der Waals surface area contributed by atoms with Crippen molar-refractivity contribution in [2.75, 3.05) is 23.3 Å². The highest BCUT2D eigenvalue weighted by Crippen LogP contribution is 2.29. The van der Waals surface area contributed by atoms with Gasteiger partial charge in [0, 0.05) is 29.8 Å². The fourth-order valence-corrected chi connectivity index (χ4v) is 3.20. The Bertz CT molecular complexity index is 608. The molecule has 2 heterocycles. The maximum absolute atomic E-state index is 4.58. The van der Waals surface area contributed by atoms with E-state index in [0.29, 0.717) is 0 Å². The fourth-order valence-electron chi connectivity index (χ4n) is 2.78. The van der Waals surface area contributed by atoms with Crippen molar-refractivity contribution >= 4 is 27.4 Å². The van der Waals surface area contributed by atoms with E-state index in [4.69, 9.17) is 0 Å². The minimum atomic E-state index is 0.244. The van der Waals surface area contributed by atoms with Crippen LogP contribution in [0.25, 0.3) is 0 Å². The molecule has 0 radical (unpaired) electrons. The van der Waals surface area contributed by atoms with E-state index in [1.165, 1.54) is 18.4 Å². The topological polar surface area (TPSA) is 28.2 Å². The van der Waals surface area contributed by atoms with Gasteiger partial charge in [0.05, 0.1) is 5.69 Å². The van der Waals surface area contributed by atoms with Crippen LogP contribution in [0.4, 0.5) is 11.5 Å². The average molecular weight is 346 g/mol. The number of benzene rings is 1. The highest BCUT2D eigenvalue weighted by Gasteiger charge is 2.18. The van der Waals surface area contributed by atoms with Gasteiger partial charge in [0.1, 0.15) is 0 Å². The number of hydrogen-bond acceptors (Lipinski definition) is 3. The molecule has 1 aromatic carbocycles. The molecule has 4 heteroatoms. The van der Waals surface area contributed by atoms with Gasteiger partial charge >= 0.3 is 0 Å². The van der Waals surface area contributed by atoms with Gasteiger partial charge in [-0.15, -0.1) is 0 Å². The lowest BCUT2D eigenvalue weighted by molar-refractivity contribution is 0.870. The maximum atomic E-state index is 4.58. The second-order valence-electron chi connectivity index (χ2n) is 5.49. The highest BCUT2D eigenvalue weighted by atomic mass is 79.9. The number of anilines is 2. The van der Waals surface area contributed by atoms with Gasteiger partial charge in [0.2, 0.25) is 0 Å². The third-order valence-corrected chi connectivity index (χ3v) is 4.41. The van der Waals surface area contributed by atoms with E-state index in [0.717, 1.165) is 29.1 Å². The van der Waals surface area contributed by atoms with Gasteiger partial charge in [-0.1, -0.05) is 28.1 Å². The molecule has 1 atom stereocenters. The van der Waals surface area contributed by atoms with Crippen LogP contribution in [-0.4, -0.2) is 18.1 Å². The molecule has 0 aliphatic carbocycles. The molecule has 1 unspecified atom stereocenters.